The molecule has 312 valence electrons. The van der Waals surface area contributed by atoms with Crippen molar-refractivity contribution in [1.29, 1.82) is 0 Å². The van der Waals surface area contributed by atoms with Crippen molar-refractivity contribution >= 4 is 33.0 Å². The van der Waals surface area contributed by atoms with Crippen LogP contribution < -0.4 is 10.4 Å². The molecule has 0 amide bonds. The molecule has 2 aliphatic rings. The van der Waals surface area contributed by atoms with Gasteiger partial charge >= 0.3 is 5.97 Å². The summed E-state index contributed by atoms with van der Waals surface area (Å²) in [5.74, 6) is 0.211. The van der Waals surface area contributed by atoms with Crippen molar-refractivity contribution in [2.75, 3.05) is 13.7 Å². The van der Waals surface area contributed by atoms with Crippen LogP contribution in [-0.2, 0) is 27.9 Å². The van der Waals surface area contributed by atoms with Crippen LogP contribution >= 0.6 is 0 Å². The highest BCUT2D eigenvalue weighted by Gasteiger charge is 2.52. The topological polar surface area (TPSA) is 63.2 Å². The third-order valence-electron chi connectivity index (χ3n) is 12.5. The van der Waals surface area contributed by atoms with Crippen molar-refractivity contribution < 1.29 is 27.9 Å². The van der Waals surface area contributed by atoms with Crippen molar-refractivity contribution in [1.82, 2.24) is 0 Å². The second-order valence-electron chi connectivity index (χ2n) is 18.7. The summed E-state index contributed by atoms with van der Waals surface area (Å²) in [6, 6.07) is 22.1. The minimum atomic E-state index is -2.80. The lowest BCUT2D eigenvalue weighted by Gasteiger charge is -2.45. The van der Waals surface area contributed by atoms with E-state index in [0.29, 0.717) is 6.42 Å². The van der Waals surface area contributed by atoms with Crippen molar-refractivity contribution in [3.8, 4) is 0 Å². The Bertz CT molecular complexity index is 1450. The molecule has 1 saturated carbocycles. The van der Waals surface area contributed by atoms with Gasteiger partial charge in [-0.1, -0.05) is 153 Å². The third kappa shape index (κ3) is 12.6. The van der Waals surface area contributed by atoms with Gasteiger partial charge in [0.05, 0.1) is 25.4 Å². The van der Waals surface area contributed by atoms with Crippen LogP contribution in [0.15, 0.2) is 85.0 Å². The number of hydrogen-bond acceptors (Lipinski definition) is 6. The molecule has 0 aromatic heterocycles. The first-order valence-electron chi connectivity index (χ1n) is 21.8. The van der Waals surface area contributed by atoms with E-state index in [-0.39, 0.29) is 52.5 Å². The highest BCUT2D eigenvalue weighted by molar-refractivity contribution is 6.99. The van der Waals surface area contributed by atoms with E-state index < -0.39 is 16.6 Å². The standard InChI is InChI=1S/C48H76O6Si2/c1-11-12-17-26-38(53-56(48(5,6)7,39-27-18-15-19-28-39)40-29-20-16-21-30-40)34-35-42-41(31-22-13-14-23-32-45(49)50-8)44(54-55(9,10)47(2,3)4)37-43(42)52-46-33-24-25-36-51-46/h13,15-16,18-22,27-30,34-35,38,41-44,46H,11-12,14,17,23-26,31-33,36-37H2,1-10H3/b22-13-,35-34+. The Labute approximate surface area is 343 Å². The molecule has 0 radical (unpaired) electrons. The maximum absolute atomic E-state index is 11.8. The first-order chi connectivity index (χ1) is 26.6. The van der Waals surface area contributed by atoms with Crippen LogP contribution in [0.25, 0.3) is 0 Å². The largest absolute Gasteiger partial charge is 0.469 e. The smallest absolute Gasteiger partial charge is 0.305 e. The van der Waals surface area contributed by atoms with E-state index in [2.05, 4.69) is 147 Å². The van der Waals surface area contributed by atoms with E-state index in [1.165, 1.54) is 23.9 Å². The molecule has 6 nitrogen and oxygen atoms in total. The van der Waals surface area contributed by atoms with Gasteiger partial charge in [-0.25, -0.2) is 0 Å². The zero-order chi connectivity index (χ0) is 40.8. The van der Waals surface area contributed by atoms with Gasteiger partial charge in [0, 0.05) is 18.9 Å². The zero-order valence-electron chi connectivity index (χ0n) is 36.7. The zero-order valence-corrected chi connectivity index (χ0v) is 38.7. The molecule has 8 heteroatoms. The SMILES string of the molecule is CCCCCC(/C=C/C1C(OC2CCCCO2)CC(O[Si](C)(C)C(C)(C)C)C1C/C=C\CCCC(=O)OC)O[Si](c1ccccc1)(c1ccccc1)C(C)(C)C. The summed E-state index contributed by atoms with van der Waals surface area (Å²) in [6.45, 7) is 21.9. The van der Waals surface area contributed by atoms with Gasteiger partial charge in [0.15, 0.2) is 14.6 Å². The number of esters is 1. The van der Waals surface area contributed by atoms with Crippen molar-refractivity contribution in [3.05, 3.63) is 85.0 Å². The molecule has 2 aromatic rings. The second kappa shape index (κ2) is 21.6. The fourth-order valence-electron chi connectivity index (χ4n) is 8.31. The average Bonchev–Trinajstić information content (AvgIpc) is 3.47. The molecule has 1 aliphatic heterocycles. The molecule has 1 heterocycles. The van der Waals surface area contributed by atoms with Crippen LogP contribution in [0.2, 0.25) is 23.2 Å². The fourth-order valence-corrected chi connectivity index (χ4v) is 14.4. The van der Waals surface area contributed by atoms with Crippen LogP contribution in [0.5, 0.6) is 0 Å². The molecule has 6 atom stereocenters. The number of ether oxygens (including phenoxy) is 3. The normalized spacial score (nSPS) is 23.2. The van der Waals surface area contributed by atoms with Gasteiger partial charge in [-0.05, 0) is 90.8 Å². The lowest BCUT2D eigenvalue weighted by atomic mass is 9.89. The molecule has 0 spiro atoms. The van der Waals surface area contributed by atoms with Gasteiger partial charge in [-0.15, -0.1) is 0 Å². The van der Waals surface area contributed by atoms with Crippen molar-refractivity contribution in [2.24, 2.45) is 11.8 Å². The van der Waals surface area contributed by atoms with Crippen LogP contribution in [0, 0.1) is 11.8 Å². The van der Waals surface area contributed by atoms with Crippen LogP contribution in [0.1, 0.15) is 126 Å². The minimum absolute atomic E-state index is 0.0222. The molecular formula is C48H76O6Si2. The van der Waals surface area contributed by atoms with Gasteiger partial charge in [0.25, 0.3) is 8.32 Å². The summed E-state index contributed by atoms with van der Waals surface area (Å²) in [4.78, 5) is 11.8. The number of carbonyl (C=O) groups is 1. The Kier molecular flexibility index (Phi) is 17.9. The second-order valence-corrected chi connectivity index (χ2v) is 27.7. The highest BCUT2D eigenvalue weighted by atomic mass is 28.4. The monoisotopic (exact) mass is 805 g/mol. The van der Waals surface area contributed by atoms with Gasteiger partial charge in [0.1, 0.15) is 0 Å². The van der Waals surface area contributed by atoms with Crippen LogP contribution in [-0.4, -0.2) is 60.9 Å². The summed E-state index contributed by atoms with van der Waals surface area (Å²) in [5, 5.41) is 2.59. The Morgan fingerprint density at radius 2 is 1.54 bits per heavy atom. The molecule has 2 aromatic carbocycles. The predicted octanol–water partition coefficient (Wildman–Crippen LogP) is 11.3. The minimum Gasteiger partial charge on any atom is -0.469 e. The molecule has 1 saturated heterocycles. The summed E-state index contributed by atoms with van der Waals surface area (Å²) < 4.78 is 33.2. The summed E-state index contributed by atoms with van der Waals surface area (Å²) in [7, 11) is -3.44. The first-order valence-corrected chi connectivity index (χ1v) is 26.6. The van der Waals surface area contributed by atoms with Gasteiger partial charge in [-0.2, -0.15) is 0 Å². The lowest BCUT2D eigenvalue weighted by Crippen LogP contribution is -2.67. The van der Waals surface area contributed by atoms with E-state index in [4.69, 9.17) is 23.1 Å². The third-order valence-corrected chi connectivity index (χ3v) is 22.1. The summed E-state index contributed by atoms with van der Waals surface area (Å²) >= 11 is 0. The average molecular weight is 805 g/mol. The number of benzene rings is 2. The van der Waals surface area contributed by atoms with E-state index in [1.54, 1.807) is 0 Å². The van der Waals surface area contributed by atoms with Crippen molar-refractivity contribution in [2.45, 2.75) is 173 Å². The molecule has 2 fully saturated rings. The predicted molar refractivity (Wildman–Crippen MR) is 238 cm³/mol. The quantitative estimate of drug-likeness (QED) is 0.0575. The Morgan fingerprint density at radius 1 is 0.875 bits per heavy atom. The number of methoxy groups -OCH3 is 1. The van der Waals surface area contributed by atoms with Crippen LogP contribution in [0.4, 0.5) is 0 Å². The number of unbranched alkanes of at least 4 members (excludes halogenated alkanes) is 3. The van der Waals surface area contributed by atoms with E-state index >= 15 is 0 Å². The fraction of sp³-hybridized carbons (Fsp3) is 0.646. The number of allylic oxidation sites excluding steroid dienone is 2. The maximum atomic E-state index is 11.8. The molecule has 0 N–H and O–H groups in total. The maximum Gasteiger partial charge on any atom is 0.305 e. The number of rotatable bonds is 20. The highest BCUT2D eigenvalue weighted by Crippen LogP contribution is 2.46. The first kappa shape index (κ1) is 46.4. The summed E-state index contributed by atoms with van der Waals surface area (Å²) in [6.07, 6.45) is 20.6. The van der Waals surface area contributed by atoms with Gasteiger partial charge in [-0.3, -0.25) is 4.79 Å². The molecular weight excluding hydrogens is 729 g/mol. The Hall–Kier alpha value is -2.34. The Morgan fingerprint density at radius 3 is 2.09 bits per heavy atom. The molecule has 6 unspecified atom stereocenters. The molecule has 4 rings (SSSR count). The van der Waals surface area contributed by atoms with Gasteiger partial charge in [0.2, 0.25) is 0 Å². The molecule has 1 aliphatic carbocycles. The van der Waals surface area contributed by atoms with E-state index in [0.717, 1.165) is 70.8 Å². The van der Waals surface area contributed by atoms with E-state index in [9.17, 15) is 4.79 Å². The Balaban J connectivity index is 1.77. The van der Waals surface area contributed by atoms with Crippen LogP contribution in [0.3, 0.4) is 0 Å². The number of hydrogen-bond donors (Lipinski definition) is 0. The number of carbonyl (C=O) groups excluding carboxylic acids is 1. The van der Waals surface area contributed by atoms with Gasteiger partial charge < -0.3 is 23.1 Å². The molecule has 56 heavy (non-hydrogen) atoms. The van der Waals surface area contributed by atoms with Crippen molar-refractivity contribution in [3.63, 3.8) is 0 Å². The summed E-state index contributed by atoms with van der Waals surface area (Å²) in [5.41, 5.74) is 0. The molecule has 0 bridgehead atoms. The lowest BCUT2D eigenvalue weighted by molar-refractivity contribution is -0.193. The van der Waals surface area contributed by atoms with E-state index in [1.807, 2.05) is 0 Å².